The lowest BCUT2D eigenvalue weighted by molar-refractivity contribution is -0.120. The van der Waals surface area contributed by atoms with Crippen molar-refractivity contribution in [2.24, 2.45) is 5.73 Å². The van der Waals surface area contributed by atoms with E-state index in [1.165, 1.54) is 4.90 Å². The molecule has 1 amide bonds. The fraction of sp³-hybridized carbons (Fsp3) is 0.0952. The molecular weight excluding hydrogens is 356 g/mol. The summed E-state index contributed by atoms with van der Waals surface area (Å²) in [6, 6.07) is 16.2. The highest BCUT2D eigenvalue weighted by Crippen LogP contribution is 2.54. The van der Waals surface area contributed by atoms with Crippen LogP contribution in [0.3, 0.4) is 0 Å². The van der Waals surface area contributed by atoms with Gasteiger partial charge in [0, 0.05) is 23.7 Å². The number of carbonyl (C=O) groups excluding carboxylic acids is 1. The van der Waals surface area contributed by atoms with Crippen LogP contribution < -0.4 is 20.9 Å². The average Bonchev–Trinajstić information content (AvgIpc) is 2.91. The SMILES string of the molecule is CN1C(=O)C2(C(C#N)=C(N)Oc3c2c(=O)[nH]c2ccccc32)c2ccccc21. The summed E-state index contributed by atoms with van der Waals surface area (Å²) in [7, 11) is 1.62. The van der Waals surface area contributed by atoms with E-state index in [1.807, 2.05) is 6.07 Å². The van der Waals surface area contributed by atoms with Crippen molar-refractivity contribution in [3.8, 4) is 11.8 Å². The van der Waals surface area contributed by atoms with Crippen LogP contribution in [0.2, 0.25) is 0 Å². The fourth-order valence-corrected chi connectivity index (χ4v) is 4.31. The summed E-state index contributed by atoms with van der Waals surface area (Å²) in [4.78, 5) is 31.0. The van der Waals surface area contributed by atoms with E-state index in [4.69, 9.17) is 10.5 Å². The Morgan fingerprint density at radius 1 is 1.14 bits per heavy atom. The summed E-state index contributed by atoms with van der Waals surface area (Å²) in [6.45, 7) is 0. The molecular formula is C21H14N4O3. The normalized spacial score (nSPS) is 20.1. The quantitative estimate of drug-likeness (QED) is 0.627. The van der Waals surface area contributed by atoms with Gasteiger partial charge >= 0.3 is 0 Å². The first kappa shape index (κ1) is 16.1. The topological polar surface area (TPSA) is 112 Å². The number of aromatic amines is 1. The Kier molecular flexibility index (Phi) is 3.02. The van der Waals surface area contributed by atoms with Gasteiger partial charge in [-0.15, -0.1) is 0 Å². The van der Waals surface area contributed by atoms with E-state index < -0.39 is 16.9 Å². The number of nitrogens with two attached hydrogens (primary N) is 1. The highest BCUT2D eigenvalue weighted by Gasteiger charge is 2.60. The third-order valence-corrected chi connectivity index (χ3v) is 5.49. The van der Waals surface area contributed by atoms with Gasteiger partial charge in [0.2, 0.25) is 11.8 Å². The zero-order chi connectivity index (χ0) is 19.6. The van der Waals surface area contributed by atoms with E-state index in [1.54, 1.807) is 55.6 Å². The fourth-order valence-electron chi connectivity index (χ4n) is 4.31. The lowest BCUT2D eigenvalue weighted by Gasteiger charge is -2.33. The van der Waals surface area contributed by atoms with Crippen LogP contribution in [0, 0.1) is 11.3 Å². The molecule has 2 aliphatic heterocycles. The molecule has 3 heterocycles. The summed E-state index contributed by atoms with van der Waals surface area (Å²) in [5.74, 6) is -0.392. The third-order valence-electron chi connectivity index (χ3n) is 5.49. The minimum atomic E-state index is -1.64. The predicted octanol–water partition coefficient (Wildman–Crippen LogP) is 1.88. The maximum absolute atomic E-state index is 13.6. The summed E-state index contributed by atoms with van der Waals surface area (Å²) >= 11 is 0. The first-order valence-corrected chi connectivity index (χ1v) is 8.63. The molecule has 1 spiro atoms. The Balaban J connectivity index is 2.04. The molecule has 0 bridgehead atoms. The van der Waals surface area contributed by atoms with Crippen molar-refractivity contribution in [3.63, 3.8) is 0 Å². The molecule has 7 heteroatoms. The van der Waals surface area contributed by atoms with Crippen molar-refractivity contribution < 1.29 is 9.53 Å². The zero-order valence-electron chi connectivity index (χ0n) is 14.8. The van der Waals surface area contributed by atoms with Gasteiger partial charge in [-0.1, -0.05) is 30.3 Å². The van der Waals surface area contributed by atoms with Gasteiger partial charge in [-0.25, -0.2) is 0 Å². The number of hydrogen-bond donors (Lipinski definition) is 2. The lowest BCUT2D eigenvalue weighted by Crippen LogP contribution is -2.48. The Morgan fingerprint density at radius 3 is 2.64 bits per heavy atom. The number of carbonyl (C=O) groups is 1. The molecule has 136 valence electrons. The number of ether oxygens (including phenoxy) is 1. The Bertz CT molecular complexity index is 1330. The van der Waals surface area contributed by atoms with Crippen LogP contribution in [0.15, 0.2) is 64.8 Å². The minimum Gasteiger partial charge on any atom is -0.439 e. The lowest BCUT2D eigenvalue weighted by atomic mass is 9.69. The van der Waals surface area contributed by atoms with Gasteiger partial charge in [-0.2, -0.15) is 5.26 Å². The predicted molar refractivity (Wildman–Crippen MR) is 103 cm³/mol. The molecule has 7 nitrogen and oxygen atoms in total. The number of benzene rings is 2. The molecule has 2 aromatic carbocycles. The van der Waals surface area contributed by atoms with E-state index in [-0.39, 0.29) is 22.8 Å². The molecule has 3 aromatic rings. The van der Waals surface area contributed by atoms with E-state index in [0.717, 1.165) is 0 Å². The number of aromatic nitrogens is 1. The van der Waals surface area contributed by atoms with Crippen LogP contribution >= 0.6 is 0 Å². The van der Waals surface area contributed by atoms with Crippen molar-refractivity contribution in [1.82, 2.24) is 4.98 Å². The van der Waals surface area contributed by atoms with Crippen molar-refractivity contribution in [1.29, 1.82) is 5.26 Å². The number of nitrogens with one attached hydrogen (secondary N) is 1. The van der Waals surface area contributed by atoms with Gasteiger partial charge in [0.1, 0.15) is 17.4 Å². The van der Waals surface area contributed by atoms with Crippen molar-refractivity contribution >= 4 is 22.5 Å². The standard InChI is InChI=1S/C21H14N4O3/c1-25-15-9-5-3-7-12(15)21(20(25)27)13(10-22)18(23)28-17-11-6-2-4-8-14(11)24-19(26)16(17)21/h2-9H,23H2,1H3,(H,24,26). The molecule has 1 atom stereocenters. The summed E-state index contributed by atoms with van der Waals surface area (Å²) in [5, 5.41) is 10.5. The van der Waals surface area contributed by atoms with Crippen LogP contribution in [0.5, 0.6) is 5.75 Å². The number of nitrogens with zero attached hydrogens (tertiary/aromatic N) is 2. The smallest absolute Gasteiger partial charge is 0.257 e. The largest absolute Gasteiger partial charge is 0.439 e. The highest BCUT2D eigenvalue weighted by molar-refractivity contribution is 6.14. The number of hydrogen-bond acceptors (Lipinski definition) is 5. The molecule has 1 aromatic heterocycles. The van der Waals surface area contributed by atoms with Gasteiger partial charge < -0.3 is 20.4 Å². The molecule has 5 rings (SSSR count). The number of rotatable bonds is 0. The van der Waals surface area contributed by atoms with Crippen molar-refractivity contribution in [3.05, 3.63) is 81.5 Å². The first-order valence-electron chi connectivity index (χ1n) is 8.63. The molecule has 28 heavy (non-hydrogen) atoms. The minimum absolute atomic E-state index is 0.0809. The second-order valence-corrected chi connectivity index (χ2v) is 6.79. The molecule has 0 saturated carbocycles. The number of pyridine rings is 1. The molecule has 0 saturated heterocycles. The monoisotopic (exact) mass is 370 g/mol. The van der Waals surface area contributed by atoms with Gasteiger partial charge in [0.05, 0.1) is 11.1 Å². The summed E-state index contributed by atoms with van der Waals surface area (Å²) in [6.07, 6.45) is 0. The number of para-hydroxylation sites is 2. The molecule has 3 N–H and O–H groups in total. The van der Waals surface area contributed by atoms with E-state index in [9.17, 15) is 14.9 Å². The third kappa shape index (κ3) is 1.67. The van der Waals surface area contributed by atoms with E-state index in [2.05, 4.69) is 4.98 Å². The molecule has 0 radical (unpaired) electrons. The van der Waals surface area contributed by atoms with Crippen molar-refractivity contribution in [2.45, 2.75) is 5.41 Å². The Labute approximate surface area is 159 Å². The number of fused-ring (bicyclic) bond motifs is 6. The first-order chi connectivity index (χ1) is 13.5. The molecule has 1 unspecified atom stereocenters. The maximum atomic E-state index is 13.6. The number of nitriles is 1. The van der Waals surface area contributed by atoms with Gasteiger partial charge in [0.15, 0.2) is 5.41 Å². The van der Waals surface area contributed by atoms with Crippen LogP contribution in [-0.4, -0.2) is 17.9 Å². The molecule has 2 aliphatic rings. The number of likely N-dealkylation sites (N-methyl/N-ethyl adjacent to an activating group) is 1. The van der Waals surface area contributed by atoms with Crippen LogP contribution in [0.4, 0.5) is 5.69 Å². The van der Waals surface area contributed by atoms with Crippen LogP contribution in [-0.2, 0) is 10.2 Å². The molecule has 0 aliphatic carbocycles. The zero-order valence-corrected chi connectivity index (χ0v) is 14.8. The van der Waals surface area contributed by atoms with Crippen LogP contribution in [0.25, 0.3) is 10.9 Å². The molecule has 0 fully saturated rings. The van der Waals surface area contributed by atoms with E-state index >= 15 is 0 Å². The second-order valence-electron chi connectivity index (χ2n) is 6.79. The number of anilines is 1. The average molecular weight is 370 g/mol. The van der Waals surface area contributed by atoms with Crippen LogP contribution in [0.1, 0.15) is 11.1 Å². The summed E-state index contributed by atoms with van der Waals surface area (Å²) < 4.78 is 5.76. The number of amides is 1. The Morgan fingerprint density at radius 2 is 1.86 bits per heavy atom. The van der Waals surface area contributed by atoms with Gasteiger partial charge in [0.25, 0.3) is 5.56 Å². The van der Waals surface area contributed by atoms with Gasteiger partial charge in [-0.05, 0) is 18.2 Å². The van der Waals surface area contributed by atoms with Gasteiger partial charge in [-0.3, -0.25) is 9.59 Å². The maximum Gasteiger partial charge on any atom is 0.257 e. The number of H-pyrrole nitrogens is 1. The summed E-state index contributed by atoms with van der Waals surface area (Å²) in [5.41, 5.74) is 5.69. The van der Waals surface area contributed by atoms with Crippen molar-refractivity contribution in [2.75, 3.05) is 11.9 Å². The Hall–Kier alpha value is -4.05. The van der Waals surface area contributed by atoms with E-state index in [0.29, 0.717) is 22.2 Å². The highest BCUT2D eigenvalue weighted by atomic mass is 16.5. The second kappa shape index (κ2) is 5.24.